The first-order valence-corrected chi connectivity index (χ1v) is 2.61. The van der Waals surface area contributed by atoms with Gasteiger partial charge in [0.25, 0.3) is 5.69 Å². The molecule has 5 nitrogen and oxygen atoms in total. The van der Waals surface area contributed by atoms with Crippen molar-refractivity contribution in [2.24, 2.45) is 0 Å². The third-order valence-corrected chi connectivity index (χ3v) is 1.07. The third-order valence-electron chi connectivity index (χ3n) is 1.07. The Kier molecular flexibility index (Phi) is 1.57. The normalized spacial score (nSPS) is 9.30. The minimum absolute atomic E-state index is 0.0110. The highest BCUT2D eigenvalue weighted by Crippen LogP contribution is 2.16. The Morgan fingerprint density at radius 2 is 2.50 bits per heavy atom. The van der Waals surface area contributed by atoms with Gasteiger partial charge in [-0.15, -0.1) is 0 Å². The Bertz CT molecular complexity index is 243. The van der Waals surface area contributed by atoms with Crippen molar-refractivity contribution in [2.45, 2.75) is 0 Å². The highest BCUT2D eigenvalue weighted by atomic mass is 16.6. The molecule has 1 aromatic rings. The zero-order valence-corrected chi connectivity index (χ0v) is 5.33. The van der Waals surface area contributed by atoms with Crippen LogP contribution in [0.3, 0.4) is 0 Å². The van der Waals surface area contributed by atoms with Crippen molar-refractivity contribution in [3.63, 3.8) is 0 Å². The predicted octanol–water partition coefficient (Wildman–Crippen LogP) is 0.931. The third kappa shape index (κ3) is 1.07. The zero-order chi connectivity index (χ0) is 7.56. The summed E-state index contributed by atoms with van der Waals surface area (Å²) in [5.74, 6) is 0.395. The highest BCUT2D eigenvalue weighted by molar-refractivity contribution is 5.33. The number of hydrogen-bond acceptors (Lipinski definition) is 3. The monoisotopic (exact) mass is 142 g/mol. The largest absolute Gasteiger partial charge is 0.482 e. The summed E-state index contributed by atoms with van der Waals surface area (Å²) in [4.78, 5) is 12.1. The van der Waals surface area contributed by atoms with Crippen LogP contribution in [-0.2, 0) is 0 Å². The van der Waals surface area contributed by atoms with Crippen molar-refractivity contribution >= 4 is 5.69 Å². The maximum atomic E-state index is 10.1. The Morgan fingerprint density at radius 3 is 2.80 bits per heavy atom. The molecule has 0 saturated heterocycles. The molecule has 54 valence electrons. The molecule has 0 saturated carbocycles. The molecule has 0 fully saturated rings. The molecule has 10 heavy (non-hydrogen) atoms. The fraction of sp³-hybridized carbons (Fsp3) is 0.200. The van der Waals surface area contributed by atoms with E-state index in [-0.39, 0.29) is 5.69 Å². The summed E-state index contributed by atoms with van der Waals surface area (Å²) < 4.78 is 4.69. The summed E-state index contributed by atoms with van der Waals surface area (Å²) in [5, 5.41) is 10.1. The number of nitrogens with one attached hydrogen (secondary N) is 1. The fourth-order valence-corrected chi connectivity index (χ4v) is 0.586. The summed E-state index contributed by atoms with van der Waals surface area (Å²) >= 11 is 0. The van der Waals surface area contributed by atoms with Crippen LogP contribution >= 0.6 is 0 Å². The maximum absolute atomic E-state index is 10.1. The van der Waals surface area contributed by atoms with Gasteiger partial charge in [0.1, 0.15) is 0 Å². The molecule has 0 radical (unpaired) electrons. The number of nitrogens with zero attached hydrogens (tertiary/aromatic N) is 1. The second-order valence-corrected chi connectivity index (χ2v) is 1.68. The van der Waals surface area contributed by atoms with Gasteiger partial charge in [0.05, 0.1) is 24.3 Å². The molecule has 0 aliphatic rings. The zero-order valence-electron chi connectivity index (χ0n) is 5.33. The van der Waals surface area contributed by atoms with E-state index in [9.17, 15) is 10.1 Å². The number of rotatable bonds is 2. The Hall–Kier alpha value is -1.52. The van der Waals surface area contributed by atoms with Gasteiger partial charge >= 0.3 is 0 Å². The first-order chi connectivity index (χ1) is 4.74. The molecular weight excluding hydrogens is 136 g/mol. The molecule has 1 N–H and O–H groups in total. The van der Waals surface area contributed by atoms with Gasteiger partial charge in [-0.1, -0.05) is 0 Å². The van der Waals surface area contributed by atoms with Gasteiger partial charge in [-0.2, -0.15) is 0 Å². The van der Waals surface area contributed by atoms with Gasteiger partial charge in [-0.05, 0) is 0 Å². The lowest BCUT2D eigenvalue weighted by Gasteiger charge is -1.87. The fourth-order valence-electron chi connectivity index (χ4n) is 0.586. The molecule has 0 bridgehead atoms. The van der Waals surface area contributed by atoms with E-state index >= 15 is 0 Å². The van der Waals surface area contributed by atoms with Gasteiger partial charge in [0.15, 0.2) is 5.88 Å². The SMILES string of the molecule is COc1cc([N+](=O)[O-])c[nH]1. The van der Waals surface area contributed by atoms with Gasteiger partial charge in [0, 0.05) is 0 Å². The lowest BCUT2D eigenvalue weighted by molar-refractivity contribution is -0.384. The first kappa shape index (κ1) is 6.60. The van der Waals surface area contributed by atoms with Crippen LogP contribution < -0.4 is 4.74 Å². The smallest absolute Gasteiger partial charge is 0.290 e. The van der Waals surface area contributed by atoms with E-state index in [0.717, 1.165) is 0 Å². The van der Waals surface area contributed by atoms with Gasteiger partial charge in [-0.3, -0.25) is 10.1 Å². The van der Waals surface area contributed by atoms with Crippen molar-refractivity contribution in [1.29, 1.82) is 0 Å². The minimum Gasteiger partial charge on any atom is -0.482 e. The molecule has 0 aromatic carbocycles. The van der Waals surface area contributed by atoms with E-state index in [1.807, 2.05) is 0 Å². The van der Waals surface area contributed by atoms with E-state index in [2.05, 4.69) is 9.72 Å². The average Bonchev–Trinajstić information content (AvgIpc) is 2.34. The molecule has 0 aliphatic heterocycles. The molecule has 1 aromatic heterocycles. The summed E-state index contributed by atoms with van der Waals surface area (Å²) in [5.41, 5.74) is 0.0110. The van der Waals surface area contributed by atoms with Gasteiger partial charge in [-0.25, -0.2) is 0 Å². The number of H-pyrrole nitrogens is 1. The van der Waals surface area contributed by atoms with Crippen LogP contribution in [0.25, 0.3) is 0 Å². The molecule has 1 heterocycles. The Labute approximate surface area is 56.8 Å². The number of aromatic nitrogens is 1. The summed E-state index contributed by atoms with van der Waals surface area (Å²) in [6, 6.07) is 1.32. The van der Waals surface area contributed by atoms with E-state index in [1.165, 1.54) is 19.4 Å². The molecule has 0 spiro atoms. The predicted molar refractivity (Wildman–Crippen MR) is 34.0 cm³/mol. The van der Waals surface area contributed by atoms with Crippen molar-refractivity contribution in [3.05, 3.63) is 22.4 Å². The highest BCUT2D eigenvalue weighted by Gasteiger charge is 2.07. The van der Waals surface area contributed by atoms with Gasteiger partial charge in [0.2, 0.25) is 0 Å². The Morgan fingerprint density at radius 1 is 1.80 bits per heavy atom. The lowest BCUT2D eigenvalue weighted by atomic mass is 10.5. The first-order valence-electron chi connectivity index (χ1n) is 2.61. The van der Waals surface area contributed by atoms with Crippen LogP contribution in [0.2, 0.25) is 0 Å². The van der Waals surface area contributed by atoms with Crippen LogP contribution in [0.1, 0.15) is 0 Å². The second-order valence-electron chi connectivity index (χ2n) is 1.68. The average molecular weight is 142 g/mol. The lowest BCUT2D eigenvalue weighted by Crippen LogP contribution is -1.83. The number of hydrogen-bond donors (Lipinski definition) is 1. The molecule has 0 unspecified atom stereocenters. The van der Waals surface area contributed by atoms with Crippen LogP contribution in [0, 0.1) is 10.1 Å². The van der Waals surface area contributed by atoms with Crippen molar-refractivity contribution in [2.75, 3.05) is 7.11 Å². The van der Waals surface area contributed by atoms with E-state index in [0.29, 0.717) is 5.88 Å². The maximum Gasteiger partial charge on any atom is 0.290 e. The Balaban J connectivity index is 2.88. The number of ether oxygens (including phenoxy) is 1. The summed E-state index contributed by atoms with van der Waals surface area (Å²) in [6.07, 6.45) is 1.28. The van der Waals surface area contributed by atoms with E-state index in [1.54, 1.807) is 0 Å². The molecule has 0 atom stereocenters. The summed E-state index contributed by atoms with van der Waals surface area (Å²) in [7, 11) is 1.44. The van der Waals surface area contributed by atoms with Gasteiger partial charge < -0.3 is 9.72 Å². The number of nitro groups is 1. The molecule has 1 rings (SSSR count). The topological polar surface area (TPSA) is 68.2 Å². The standard InChI is InChI=1S/C5H6N2O3/c1-10-5-2-4(3-6-5)7(8)9/h2-3,6H,1H3. The van der Waals surface area contributed by atoms with Crippen molar-refractivity contribution in [3.8, 4) is 5.88 Å². The van der Waals surface area contributed by atoms with Crippen molar-refractivity contribution < 1.29 is 9.66 Å². The van der Waals surface area contributed by atoms with E-state index < -0.39 is 4.92 Å². The summed E-state index contributed by atoms with van der Waals surface area (Å²) in [6.45, 7) is 0. The van der Waals surface area contributed by atoms with Crippen LogP contribution in [0.15, 0.2) is 12.3 Å². The number of aromatic amines is 1. The van der Waals surface area contributed by atoms with E-state index in [4.69, 9.17) is 0 Å². The number of methoxy groups -OCH3 is 1. The second kappa shape index (κ2) is 2.38. The van der Waals surface area contributed by atoms with Crippen LogP contribution in [0.4, 0.5) is 5.69 Å². The van der Waals surface area contributed by atoms with Crippen LogP contribution in [-0.4, -0.2) is 17.0 Å². The quantitative estimate of drug-likeness (QED) is 0.493. The molecule has 0 aliphatic carbocycles. The molecule has 5 heteroatoms. The molecule has 0 amide bonds. The van der Waals surface area contributed by atoms with Crippen molar-refractivity contribution in [1.82, 2.24) is 4.98 Å². The minimum atomic E-state index is -0.487. The molecular formula is C5H6N2O3. The van der Waals surface area contributed by atoms with Crippen LogP contribution in [0.5, 0.6) is 5.88 Å².